The first-order valence-corrected chi connectivity index (χ1v) is 7.23. The van der Waals surface area contributed by atoms with Gasteiger partial charge in [0.25, 0.3) is 0 Å². The molecule has 0 aliphatic heterocycles. The lowest BCUT2D eigenvalue weighted by molar-refractivity contribution is -0.121. The Bertz CT molecular complexity index is 593. The van der Waals surface area contributed by atoms with Gasteiger partial charge in [-0.2, -0.15) is 0 Å². The highest BCUT2D eigenvalue weighted by Crippen LogP contribution is 2.28. The SMILES string of the molecule is COc1ccc(CCCC(=O)NCc2ccco2)cc1OC. The molecule has 0 aliphatic rings. The minimum Gasteiger partial charge on any atom is -0.493 e. The smallest absolute Gasteiger partial charge is 0.220 e. The van der Waals surface area contributed by atoms with Crippen LogP contribution in [0.1, 0.15) is 24.2 Å². The van der Waals surface area contributed by atoms with Gasteiger partial charge in [-0.1, -0.05) is 6.07 Å². The first-order chi connectivity index (χ1) is 10.7. The molecule has 1 aromatic carbocycles. The molecule has 0 aliphatic carbocycles. The lowest BCUT2D eigenvalue weighted by Crippen LogP contribution is -2.22. The predicted octanol–water partition coefficient (Wildman–Crippen LogP) is 2.94. The van der Waals surface area contributed by atoms with E-state index in [1.165, 1.54) is 0 Å². The molecule has 1 heterocycles. The lowest BCUT2D eigenvalue weighted by Gasteiger charge is -2.09. The van der Waals surface area contributed by atoms with Crippen molar-refractivity contribution in [3.05, 3.63) is 47.9 Å². The summed E-state index contributed by atoms with van der Waals surface area (Å²) in [5.74, 6) is 2.20. The van der Waals surface area contributed by atoms with Gasteiger partial charge in [-0.25, -0.2) is 0 Å². The molecule has 0 bridgehead atoms. The fourth-order valence-electron chi connectivity index (χ4n) is 2.18. The monoisotopic (exact) mass is 303 g/mol. The molecule has 0 unspecified atom stereocenters. The van der Waals surface area contributed by atoms with Crippen molar-refractivity contribution in [2.45, 2.75) is 25.8 Å². The van der Waals surface area contributed by atoms with Crippen LogP contribution >= 0.6 is 0 Å². The number of carbonyl (C=O) groups is 1. The van der Waals surface area contributed by atoms with Crippen LogP contribution in [0.15, 0.2) is 41.0 Å². The maximum atomic E-state index is 11.8. The predicted molar refractivity (Wildman–Crippen MR) is 83.0 cm³/mol. The minimum atomic E-state index is 0.0249. The Morgan fingerprint density at radius 1 is 1.18 bits per heavy atom. The van der Waals surface area contributed by atoms with Gasteiger partial charge in [0.05, 0.1) is 27.0 Å². The Hall–Kier alpha value is -2.43. The molecular weight excluding hydrogens is 282 g/mol. The number of ether oxygens (including phenoxy) is 2. The van der Waals surface area contributed by atoms with Crippen LogP contribution < -0.4 is 14.8 Å². The number of nitrogens with one attached hydrogen (secondary N) is 1. The zero-order valence-electron chi connectivity index (χ0n) is 12.9. The van der Waals surface area contributed by atoms with Crippen molar-refractivity contribution in [3.63, 3.8) is 0 Å². The highest BCUT2D eigenvalue weighted by molar-refractivity contribution is 5.75. The van der Waals surface area contributed by atoms with Gasteiger partial charge in [-0.15, -0.1) is 0 Å². The van der Waals surface area contributed by atoms with Gasteiger partial charge in [0.2, 0.25) is 5.91 Å². The number of amides is 1. The van der Waals surface area contributed by atoms with Gasteiger partial charge < -0.3 is 19.2 Å². The van der Waals surface area contributed by atoms with Gasteiger partial charge in [0.15, 0.2) is 11.5 Å². The van der Waals surface area contributed by atoms with Gasteiger partial charge in [-0.3, -0.25) is 4.79 Å². The first kappa shape index (κ1) is 15.9. The third kappa shape index (κ3) is 4.55. The summed E-state index contributed by atoms with van der Waals surface area (Å²) < 4.78 is 15.6. The van der Waals surface area contributed by atoms with E-state index in [2.05, 4.69) is 5.32 Å². The van der Waals surface area contributed by atoms with E-state index in [4.69, 9.17) is 13.9 Å². The summed E-state index contributed by atoms with van der Waals surface area (Å²) in [6, 6.07) is 9.45. The Morgan fingerprint density at radius 3 is 2.68 bits per heavy atom. The van der Waals surface area contributed by atoms with Crippen molar-refractivity contribution in [2.24, 2.45) is 0 Å². The third-order valence-corrected chi connectivity index (χ3v) is 3.36. The Labute approximate surface area is 130 Å². The van der Waals surface area contributed by atoms with Crippen molar-refractivity contribution in [1.29, 1.82) is 0 Å². The van der Waals surface area contributed by atoms with Crippen molar-refractivity contribution >= 4 is 5.91 Å². The van der Waals surface area contributed by atoms with E-state index in [0.29, 0.717) is 24.5 Å². The van der Waals surface area contributed by atoms with E-state index in [9.17, 15) is 4.79 Å². The number of rotatable bonds is 8. The number of benzene rings is 1. The van der Waals surface area contributed by atoms with Crippen LogP contribution in [-0.4, -0.2) is 20.1 Å². The Balaban J connectivity index is 1.74. The summed E-state index contributed by atoms with van der Waals surface area (Å²) in [4.78, 5) is 11.8. The van der Waals surface area contributed by atoms with Crippen molar-refractivity contribution in [3.8, 4) is 11.5 Å². The number of carbonyl (C=O) groups excluding carboxylic acids is 1. The van der Waals surface area contributed by atoms with Crippen LogP contribution in [-0.2, 0) is 17.8 Å². The van der Waals surface area contributed by atoms with Gasteiger partial charge >= 0.3 is 0 Å². The number of furan rings is 1. The van der Waals surface area contributed by atoms with Crippen LogP contribution in [0.4, 0.5) is 0 Å². The van der Waals surface area contributed by atoms with E-state index in [1.807, 2.05) is 24.3 Å². The minimum absolute atomic E-state index is 0.0249. The summed E-state index contributed by atoms with van der Waals surface area (Å²) in [5, 5.41) is 2.83. The third-order valence-electron chi connectivity index (χ3n) is 3.36. The average molecular weight is 303 g/mol. The second-order valence-electron chi connectivity index (χ2n) is 4.90. The van der Waals surface area contributed by atoms with Gasteiger partial charge in [-0.05, 0) is 42.7 Å². The normalized spacial score (nSPS) is 10.3. The van der Waals surface area contributed by atoms with Crippen LogP contribution in [0.2, 0.25) is 0 Å². The highest BCUT2D eigenvalue weighted by Gasteiger charge is 2.06. The second kappa shape index (κ2) is 8.12. The van der Waals surface area contributed by atoms with Crippen LogP contribution in [0.5, 0.6) is 11.5 Å². The number of aryl methyl sites for hydroxylation is 1. The topological polar surface area (TPSA) is 60.7 Å². The van der Waals surface area contributed by atoms with Crippen molar-refractivity contribution in [1.82, 2.24) is 5.32 Å². The first-order valence-electron chi connectivity index (χ1n) is 7.23. The summed E-state index contributed by atoms with van der Waals surface area (Å²) >= 11 is 0. The molecule has 0 fully saturated rings. The maximum absolute atomic E-state index is 11.8. The molecule has 5 heteroatoms. The molecule has 2 aromatic rings. The Kier molecular flexibility index (Phi) is 5.89. The number of hydrogen-bond acceptors (Lipinski definition) is 4. The van der Waals surface area contributed by atoms with Crippen LogP contribution in [0.3, 0.4) is 0 Å². The molecule has 1 aromatic heterocycles. The zero-order valence-corrected chi connectivity index (χ0v) is 12.9. The van der Waals surface area contributed by atoms with E-state index in [-0.39, 0.29) is 5.91 Å². The molecule has 22 heavy (non-hydrogen) atoms. The van der Waals surface area contributed by atoms with Gasteiger partial charge in [0.1, 0.15) is 5.76 Å². The quantitative estimate of drug-likeness (QED) is 0.814. The average Bonchev–Trinajstić information content (AvgIpc) is 3.06. The standard InChI is InChI=1S/C17H21NO4/c1-20-15-9-8-13(11-16(15)21-2)5-3-7-17(19)18-12-14-6-4-10-22-14/h4,6,8-11H,3,5,7,12H2,1-2H3,(H,18,19). The fourth-order valence-corrected chi connectivity index (χ4v) is 2.18. The van der Waals surface area contributed by atoms with Crippen molar-refractivity contribution < 1.29 is 18.7 Å². The van der Waals surface area contributed by atoms with E-state index < -0.39 is 0 Å². The molecule has 1 N–H and O–H groups in total. The molecule has 2 rings (SSSR count). The van der Waals surface area contributed by atoms with Crippen molar-refractivity contribution in [2.75, 3.05) is 14.2 Å². The largest absolute Gasteiger partial charge is 0.493 e. The lowest BCUT2D eigenvalue weighted by atomic mass is 10.1. The molecule has 118 valence electrons. The molecule has 0 saturated heterocycles. The van der Waals surface area contributed by atoms with E-state index in [0.717, 1.165) is 24.2 Å². The van der Waals surface area contributed by atoms with Crippen LogP contribution in [0.25, 0.3) is 0 Å². The zero-order chi connectivity index (χ0) is 15.8. The van der Waals surface area contributed by atoms with Gasteiger partial charge in [0, 0.05) is 6.42 Å². The Morgan fingerprint density at radius 2 is 2.00 bits per heavy atom. The van der Waals surface area contributed by atoms with E-state index >= 15 is 0 Å². The fraction of sp³-hybridized carbons (Fsp3) is 0.353. The summed E-state index contributed by atoms with van der Waals surface area (Å²) in [5.41, 5.74) is 1.12. The molecule has 0 spiro atoms. The second-order valence-corrected chi connectivity index (χ2v) is 4.90. The molecule has 0 saturated carbocycles. The number of methoxy groups -OCH3 is 2. The van der Waals surface area contributed by atoms with Crippen LogP contribution in [0, 0.1) is 0 Å². The number of hydrogen-bond donors (Lipinski definition) is 1. The molecule has 0 radical (unpaired) electrons. The highest BCUT2D eigenvalue weighted by atomic mass is 16.5. The summed E-state index contributed by atoms with van der Waals surface area (Å²) in [7, 11) is 3.23. The summed E-state index contributed by atoms with van der Waals surface area (Å²) in [6.07, 6.45) is 3.67. The summed E-state index contributed by atoms with van der Waals surface area (Å²) in [6.45, 7) is 0.433. The molecular formula is C17H21NO4. The molecule has 0 atom stereocenters. The van der Waals surface area contributed by atoms with E-state index in [1.54, 1.807) is 26.5 Å². The molecule has 5 nitrogen and oxygen atoms in total. The maximum Gasteiger partial charge on any atom is 0.220 e. The molecule has 1 amide bonds.